The second kappa shape index (κ2) is 5.75. The summed E-state index contributed by atoms with van der Waals surface area (Å²) in [7, 11) is 0. The van der Waals surface area contributed by atoms with Gasteiger partial charge in [0.15, 0.2) is 0 Å². The molecule has 106 valence electrons. The van der Waals surface area contributed by atoms with E-state index in [-0.39, 0.29) is 17.7 Å². The third-order valence-corrected chi connectivity index (χ3v) is 3.99. The molecule has 1 aliphatic rings. The smallest absolute Gasteiger partial charge is 0.339 e. The van der Waals surface area contributed by atoms with Gasteiger partial charge in [-0.15, -0.1) is 0 Å². The molecule has 0 radical (unpaired) electrons. The molecule has 0 amide bonds. The van der Waals surface area contributed by atoms with Crippen LogP contribution in [-0.2, 0) is 6.54 Å². The number of hydrogen-bond acceptors (Lipinski definition) is 4. The van der Waals surface area contributed by atoms with Crippen LogP contribution >= 0.6 is 0 Å². The Morgan fingerprint density at radius 1 is 1.63 bits per heavy atom. The van der Waals surface area contributed by atoms with Crippen molar-refractivity contribution in [2.24, 2.45) is 5.92 Å². The zero-order valence-corrected chi connectivity index (χ0v) is 11.2. The van der Waals surface area contributed by atoms with Crippen molar-refractivity contribution in [1.29, 1.82) is 0 Å². The average molecular weight is 267 g/mol. The highest BCUT2D eigenvalue weighted by Gasteiger charge is 2.34. The molecule has 0 aliphatic heterocycles. The van der Waals surface area contributed by atoms with E-state index in [9.17, 15) is 9.90 Å². The summed E-state index contributed by atoms with van der Waals surface area (Å²) in [6.07, 6.45) is 5.47. The van der Waals surface area contributed by atoms with Crippen molar-refractivity contribution in [3.8, 4) is 0 Å². The van der Waals surface area contributed by atoms with E-state index in [1.165, 1.54) is 18.8 Å². The summed E-state index contributed by atoms with van der Waals surface area (Å²) >= 11 is 0. The molecule has 0 bridgehead atoms. The average Bonchev–Trinajstić information content (AvgIpc) is 2.85. The lowest BCUT2D eigenvalue weighted by Gasteiger charge is -2.39. The van der Waals surface area contributed by atoms with Crippen molar-refractivity contribution in [2.75, 3.05) is 6.61 Å². The molecule has 0 aromatic carbocycles. The minimum atomic E-state index is -0.986. The maximum atomic E-state index is 11.0. The summed E-state index contributed by atoms with van der Waals surface area (Å²) < 4.78 is 5.21. The molecule has 1 heterocycles. The summed E-state index contributed by atoms with van der Waals surface area (Å²) in [5.41, 5.74) is -0.121. The normalized spacial score (nSPS) is 27.4. The molecule has 1 fully saturated rings. The van der Waals surface area contributed by atoms with Crippen molar-refractivity contribution in [3.63, 3.8) is 0 Å². The Hall–Kier alpha value is -1.33. The summed E-state index contributed by atoms with van der Waals surface area (Å²) in [6, 6.07) is 1.45. The predicted octanol–water partition coefficient (Wildman–Crippen LogP) is 2.01. The molecule has 2 rings (SSSR count). The first-order chi connectivity index (χ1) is 9.06. The molecule has 2 unspecified atom stereocenters. The highest BCUT2D eigenvalue weighted by Crippen LogP contribution is 2.32. The Kier molecular flexibility index (Phi) is 4.27. The van der Waals surface area contributed by atoms with Gasteiger partial charge >= 0.3 is 5.97 Å². The van der Waals surface area contributed by atoms with Crippen LogP contribution in [-0.4, -0.2) is 28.3 Å². The van der Waals surface area contributed by atoms with E-state index in [0.29, 0.717) is 18.2 Å². The van der Waals surface area contributed by atoms with Crippen LogP contribution in [0, 0.1) is 5.92 Å². The molecule has 5 nitrogen and oxygen atoms in total. The Balaban J connectivity index is 2.03. The van der Waals surface area contributed by atoms with Gasteiger partial charge in [-0.25, -0.2) is 4.79 Å². The Morgan fingerprint density at radius 3 is 3.05 bits per heavy atom. The molecular weight excluding hydrogens is 246 g/mol. The molecule has 2 atom stereocenters. The lowest BCUT2D eigenvalue weighted by atomic mass is 9.77. The quantitative estimate of drug-likeness (QED) is 0.760. The second-order valence-electron chi connectivity index (χ2n) is 5.56. The summed E-state index contributed by atoms with van der Waals surface area (Å²) in [4.78, 5) is 11.0. The van der Waals surface area contributed by atoms with Crippen LogP contribution in [0.15, 0.2) is 16.7 Å². The van der Waals surface area contributed by atoms with Crippen LogP contribution in [0.4, 0.5) is 0 Å². The minimum Gasteiger partial charge on any atom is -0.478 e. The monoisotopic (exact) mass is 267 g/mol. The molecule has 0 saturated heterocycles. The molecule has 1 aliphatic carbocycles. The van der Waals surface area contributed by atoms with E-state index in [1.54, 1.807) is 0 Å². The number of carboxylic acid groups (broad SMARTS) is 1. The number of nitrogens with one attached hydrogen (secondary N) is 1. The van der Waals surface area contributed by atoms with E-state index >= 15 is 0 Å². The van der Waals surface area contributed by atoms with Crippen molar-refractivity contribution >= 4 is 5.97 Å². The maximum Gasteiger partial charge on any atom is 0.339 e. The van der Waals surface area contributed by atoms with Gasteiger partial charge in [0.25, 0.3) is 0 Å². The molecule has 5 heteroatoms. The zero-order valence-electron chi connectivity index (χ0n) is 11.2. The van der Waals surface area contributed by atoms with Crippen molar-refractivity contribution in [2.45, 2.75) is 44.7 Å². The lowest BCUT2D eigenvalue weighted by Crippen LogP contribution is -2.51. The molecule has 3 N–H and O–H groups in total. The first kappa shape index (κ1) is 14.1. The zero-order chi connectivity index (χ0) is 13.9. The number of carbonyl (C=O) groups is 1. The Morgan fingerprint density at radius 2 is 2.42 bits per heavy atom. The third-order valence-electron chi connectivity index (χ3n) is 3.99. The lowest BCUT2D eigenvalue weighted by molar-refractivity contribution is 0.0691. The molecule has 1 aromatic rings. The summed E-state index contributed by atoms with van der Waals surface area (Å²) in [5.74, 6) is 0.00288. The molecule has 1 saturated carbocycles. The first-order valence-electron chi connectivity index (χ1n) is 6.72. The number of aliphatic hydroxyl groups excluding tert-OH is 1. The number of aliphatic hydroxyl groups is 1. The van der Waals surface area contributed by atoms with Crippen molar-refractivity contribution in [1.82, 2.24) is 5.32 Å². The summed E-state index contributed by atoms with van der Waals surface area (Å²) in [5, 5.41) is 22.0. The van der Waals surface area contributed by atoms with Gasteiger partial charge in [0.2, 0.25) is 0 Å². The number of aromatic carboxylic acids is 1. The van der Waals surface area contributed by atoms with Gasteiger partial charge in [0, 0.05) is 5.54 Å². The Bertz CT molecular complexity index is 442. The molecule has 19 heavy (non-hydrogen) atoms. The number of furan rings is 1. The van der Waals surface area contributed by atoms with Gasteiger partial charge < -0.3 is 19.9 Å². The largest absolute Gasteiger partial charge is 0.478 e. The standard InChI is InChI=1S/C14H21NO4/c1-10-3-2-5-14(7-10,9-16)15-8-12-11(13(17)18)4-6-19-12/h4,6,10,15-16H,2-3,5,7-9H2,1H3,(H,17,18). The van der Waals surface area contributed by atoms with Gasteiger partial charge in [-0.3, -0.25) is 0 Å². The topological polar surface area (TPSA) is 82.7 Å². The second-order valence-corrected chi connectivity index (χ2v) is 5.56. The first-order valence-corrected chi connectivity index (χ1v) is 6.72. The van der Waals surface area contributed by atoms with Crippen LogP contribution in [0.1, 0.15) is 48.7 Å². The van der Waals surface area contributed by atoms with Gasteiger partial charge in [-0.2, -0.15) is 0 Å². The van der Waals surface area contributed by atoms with E-state index in [1.807, 2.05) is 0 Å². The summed E-state index contributed by atoms with van der Waals surface area (Å²) in [6.45, 7) is 2.59. The number of rotatable bonds is 5. The van der Waals surface area contributed by atoms with E-state index in [4.69, 9.17) is 9.52 Å². The van der Waals surface area contributed by atoms with E-state index in [2.05, 4.69) is 12.2 Å². The van der Waals surface area contributed by atoms with Crippen LogP contribution in [0.2, 0.25) is 0 Å². The van der Waals surface area contributed by atoms with Crippen LogP contribution in [0.5, 0.6) is 0 Å². The van der Waals surface area contributed by atoms with E-state index in [0.717, 1.165) is 19.3 Å². The fraction of sp³-hybridized carbons (Fsp3) is 0.643. The third kappa shape index (κ3) is 3.16. The Labute approximate surface area is 112 Å². The van der Waals surface area contributed by atoms with Crippen LogP contribution < -0.4 is 5.32 Å². The molecular formula is C14H21NO4. The fourth-order valence-electron chi connectivity index (χ4n) is 2.96. The molecule has 1 aromatic heterocycles. The van der Waals surface area contributed by atoms with Crippen molar-refractivity contribution in [3.05, 3.63) is 23.7 Å². The van der Waals surface area contributed by atoms with E-state index < -0.39 is 5.97 Å². The highest BCUT2D eigenvalue weighted by atomic mass is 16.4. The van der Waals surface area contributed by atoms with Gasteiger partial charge in [0.1, 0.15) is 11.3 Å². The van der Waals surface area contributed by atoms with Crippen LogP contribution in [0.25, 0.3) is 0 Å². The predicted molar refractivity (Wildman–Crippen MR) is 70.0 cm³/mol. The maximum absolute atomic E-state index is 11.0. The fourth-order valence-corrected chi connectivity index (χ4v) is 2.96. The van der Waals surface area contributed by atoms with Crippen molar-refractivity contribution < 1.29 is 19.4 Å². The highest BCUT2D eigenvalue weighted by molar-refractivity contribution is 5.88. The van der Waals surface area contributed by atoms with Gasteiger partial charge in [-0.05, 0) is 24.8 Å². The SMILES string of the molecule is CC1CCCC(CO)(NCc2occc2C(=O)O)C1. The van der Waals surface area contributed by atoms with Gasteiger partial charge in [-0.1, -0.05) is 19.8 Å². The van der Waals surface area contributed by atoms with Gasteiger partial charge in [0.05, 0.1) is 19.4 Å². The minimum absolute atomic E-state index is 0.0699. The van der Waals surface area contributed by atoms with Crippen LogP contribution in [0.3, 0.4) is 0 Å². The molecule has 0 spiro atoms. The number of carboxylic acids is 1. The number of hydrogen-bond donors (Lipinski definition) is 3.